The van der Waals surface area contributed by atoms with Crippen molar-refractivity contribution in [2.45, 2.75) is 32.6 Å². The van der Waals surface area contributed by atoms with Crippen LogP contribution in [0.15, 0.2) is 54.7 Å². The van der Waals surface area contributed by atoms with E-state index in [4.69, 9.17) is 0 Å². The molecule has 4 heteroatoms. The number of aromatic nitrogens is 2. The summed E-state index contributed by atoms with van der Waals surface area (Å²) in [5.74, 6) is 0.843. The minimum Gasteiger partial charge on any atom is -0.324 e. The first kappa shape index (κ1) is 16.5. The molecule has 4 rings (SSSR count). The number of nitrogens with zero attached hydrogens (tertiary/aromatic N) is 2. The molecule has 0 fully saturated rings. The van der Waals surface area contributed by atoms with Gasteiger partial charge < -0.3 is 5.32 Å². The molecule has 0 amide bonds. The first-order chi connectivity index (χ1) is 12.6. The van der Waals surface area contributed by atoms with Crippen LogP contribution in [0.4, 0.5) is 11.6 Å². The fraction of sp³-hybridized carbons (Fsp3) is 0.227. The van der Waals surface area contributed by atoms with Crippen molar-refractivity contribution in [3.05, 3.63) is 82.7 Å². The number of carbonyl (C=O) groups excluding carboxylic acids is 1. The second-order valence-corrected chi connectivity index (χ2v) is 6.94. The topological polar surface area (TPSA) is 54.9 Å². The van der Waals surface area contributed by atoms with Crippen molar-refractivity contribution >= 4 is 17.4 Å². The molecule has 0 unspecified atom stereocenters. The van der Waals surface area contributed by atoms with Gasteiger partial charge in [0.15, 0.2) is 5.78 Å². The van der Waals surface area contributed by atoms with E-state index in [0.29, 0.717) is 17.9 Å². The van der Waals surface area contributed by atoms with Gasteiger partial charge in [-0.25, -0.2) is 9.97 Å². The fourth-order valence-corrected chi connectivity index (χ4v) is 3.54. The molecule has 0 spiro atoms. The Labute approximate surface area is 153 Å². The molecule has 3 aromatic rings. The number of anilines is 2. The summed E-state index contributed by atoms with van der Waals surface area (Å²) in [7, 11) is 0. The number of rotatable bonds is 3. The van der Waals surface area contributed by atoms with Crippen LogP contribution in [-0.4, -0.2) is 15.8 Å². The van der Waals surface area contributed by atoms with Gasteiger partial charge >= 0.3 is 0 Å². The number of aryl methyl sites for hydroxylation is 2. The van der Waals surface area contributed by atoms with Gasteiger partial charge in [0.25, 0.3) is 0 Å². The van der Waals surface area contributed by atoms with Crippen LogP contribution >= 0.6 is 0 Å². The van der Waals surface area contributed by atoms with Crippen LogP contribution in [-0.2, 0) is 6.42 Å². The summed E-state index contributed by atoms with van der Waals surface area (Å²) >= 11 is 0. The van der Waals surface area contributed by atoms with Gasteiger partial charge in [-0.05, 0) is 43.4 Å². The Morgan fingerprint density at radius 2 is 1.85 bits per heavy atom. The molecule has 1 N–H and O–H groups in total. The zero-order chi connectivity index (χ0) is 18.1. The summed E-state index contributed by atoms with van der Waals surface area (Å²) in [5.41, 5.74) is 6.02. The zero-order valence-electron chi connectivity index (χ0n) is 15.0. The number of fused-ring (bicyclic) bond motifs is 1. The Morgan fingerprint density at radius 1 is 1.04 bits per heavy atom. The molecule has 4 nitrogen and oxygen atoms in total. The molecule has 0 saturated heterocycles. The van der Waals surface area contributed by atoms with E-state index in [1.807, 2.05) is 24.3 Å². The summed E-state index contributed by atoms with van der Waals surface area (Å²) in [6.07, 6.45) is 2.94. The van der Waals surface area contributed by atoms with E-state index >= 15 is 0 Å². The largest absolute Gasteiger partial charge is 0.324 e. The van der Waals surface area contributed by atoms with Crippen molar-refractivity contribution in [1.29, 1.82) is 0 Å². The molecule has 1 aliphatic rings. The van der Waals surface area contributed by atoms with Crippen LogP contribution in [0.2, 0.25) is 0 Å². The lowest BCUT2D eigenvalue weighted by Gasteiger charge is -2.23. The van der Waals surface area contributed by atoms with Gasteiger partial charge in [0.1, 0.15) is 0 Å². The first-order valence-corrected chi connectivity index (χ1v) is 8.88. The highest BCUT2D eigenvalue weighted by atomic mass is 16.1. The maximum atomic E-state index is 12.5. The molecular weight excluding hydrogens is 322 g/mol. The average Bonchev–Trinajstić information content (AvgIpc) is 2.64. The monoisotopic (exact) mass is 343 g/mol. The van der Waals surface area contributed by atoms with Crippen LogP contribution in [0.3, 0.4) is 0 Å². The molecule has 0 bridgehead atoms. The number of hydrogen-bond acceptors (Lipinski definition) is 4. The third-order valence-electron chi connectivity index (χ3n) is 4.94. The maximum absolute atomic E-state index is 12.5. The summed E-state index contributed by atoms with van der Waals surface area (Å²) in [5, 5.41) is 3.29. The van der Waals surface area contributed by atoms with Crippen LogP contribution in [0, 0.1) is 13.8 Å². The molecular formula is C22H21N3O. The second-order valence-electron chi connectivity index (χ2n) is 6.94. The number of carbonyl (C=O) groups is 1. The van der Waals surface area contributed by atoms with Gasteiger partial charge in [-0.1, -0.05) is 48.0 Å². The standard InChI is InChI=1S/C22H21N3O/c1-14-8-9-19(15(2)10-14)24-22-23-13-18-20(25-22)11-17(12-21(18)26)16-6-4-3-5-7-16/h3-10,13,17H,11-12H2,1-2H3,(H,23,24,25)/t17-/m1/s1. The van der Waals surface area contributed by atoms with E-state index < -0.39 is 0 Å². The highest BCUT2D eigenvalue weighted by Crippen LogP contribution is 2.32. The van der Waals surface area contributed by atoms with Crippen molar-refractivity contribution in [3.8, 4) is 0 Å². The average molecular weight is 343 g/mol. The smallest absolute Gasteiger partial charge is 0.227 e. The Morgan fingerprint density at radius 3 is 2.62 bits per heavy atom. The molecule has 0 saturated carbocycles. The molecule has 130 valence electrons. The number of ketones is 1. The molecule has 26 heavy (non-hydrogen) atoms. The number of benzene rings is 2. The maximum Gasteiger partial charge on any atom is 0.227 e. The Balaban J connectivity index is 1.63. The predicted molar refractivity (Wildman–Crippen MR) is 103 cm³/mol. The normalized spacial score (nSPS) is 16.2. The number of Topliss-reactive ketones (excluding diaryl/α,β-unsaturated/α-hetero) is 1. The van der Waals surface area contributed by atoms with Crippen molar-refractivity contribution in [2.24, 2.45) is 0 Å². The van der Waals surface area contributed by atoms with Crippen molar-refractivity contribution in [1.82, 2.24) is 9.97 Å². The lowest BCUT2D eigenvalue weighted by atomic mass is 9.82. The Hall–Kier alpha value is -3.01. The van der Waals surface area contributed by atoms with Gasteiger partial charge in [-0.15, -0.1) is 0 Å². The quantitative estimate of drug-likeness (QED) is 0.745. The molecule has 2 aromatic carbocycles. The van der Waals surface area contributed by atoms with Gasteiger partial charge in [-0.3, -0.25) is 4.79 Å². The Bertz CT molecular complexity index is 966. The van der Waals surface area contributed by atoms with E-state index in [2.05, 4.69) is 53.4 Å². The van der Waals surface area contributed by atoms with Crippen molar-refractivity contribution in [3.63, 3.8) is 0 Å². The lowest BCUT2D eigenvalue weighted by molar-refractivity contribution is 0.0962. The van der Waals surface area contributed by atoms with Gasteiger partial charge in [-0.2, -0.15) is 0 Å². The van der Waals surface area contributed by atoms with E-state index in [1.54, 1.807) is 6.20 Å². The lowest BCUT2D eigenvalue weighted by Crippen LogP contribution is -2.21. The molecule has 1 heterocycles. The first-order valence-electron chi connectivity index (χ1n) is 8.88. The highest BCUT2D eigenvalue weighted by molar-refractivity contribution is 5.98. The summed E-state index contributed by atoms with van der Waals surface area (Å²) in [4.78, 5) is 21.5. The van der Waals surface area contributed by atoms with Gasteiger partial charge in [0.2, 0.25) is 5.95 Å². The van der Waals surface area contributed by atoms with E-state index in [0.717, 1.165) is 23.4 Å². The van der Waals surface area contributed by atoms with Gasteiger partial charge in [0.05, 0.1) is 11.3 Å². The highest BCUT2D eigenvalue weighted by Gasteiger charge is 2.28. The van der Waals surface area contributed by atoms with Crippen LogP contribution in [0.1, 0.15) is 45.1 Å². The summed E-state index contributed by atoms with van der Waals surface area (Å²) < 4.78 is 0. The third kappa shape index (κ3) is 3.23. The minimum absolute atomic E-state index is 0.123. The van der Waals surface area contributed by atoms with Gasteiger partial charge in [0, 0.05) is 18.3 Å². The minimum atomic E-state index is 0.123. The van der Waals surface area contributed by atoms with E-state index in [9.17, 15) is 4.79 Å². The molecule has 1 aliphatic carbocycles. The van der Waals surface area contributed by atoms with Crippen LogP contribution in [0.25, 0.3) is 0 Å². The predicted octanol–water partition coefficient (Wildman–Crippen LogP) is 4.75. The summed E-state index contributed by atoms with van der Waals surface area (Å²) in [6.45, 7) is 4.13. The molecule has 0 radical (unpaired) electrons. The molecule has 0 aliphatic heterocycles. The fourth-order valence-electron chi connectivity index (χ4n) is 3.54. The number of nitrogens with one attached hydrogen (secondary N) is 1. The van der Waals surface area contributed by atoms with E-state index in [-0.39, 0.29) is 11.7 Å². The summed E-state index contributed by atoms with van der Waals surface area (Å²) in [6, 6.07) is 16.4. The second kappa shape index (κ2) is 6.71. The third-order valence-corrected chi connectivity index (χ3v) is 4.94. The molecule has 1 aromatic heterocycles. The zero-order valence-corrected chi connectivity index (χ0v) is 15.0. The number of hydrogen-bond donors (Lipinski definition) is 1. The van der Waals surface area contributed by atoms with Crippen LogP contribution in [0.5, 0.6) is 0 Å². The molecule has 1 atom stereocenters. The van der Waals surface area contributed by atoms with Crippen LogP contribution < -0.4 is 5.32 Å². The van der Waals surface area contributed by atoms with Crippen molar-refractivity contribution in [2.75, 3.05) is 5.32 Å². The van der Waals surface area contributed by atoms with E-state index in [1.165, 1.54) is 11.1 Å². The Kier molecular flexibility index (Phi) is 4.25. The van der Waals surface area contributed by atoms with Crippen molar-refractivity contribution < 1.29 is 4.79 Å². The SMILES string of the molecule is Cc1ccc(Nc2ncc3c(n2)C[C@@H](c2ccccc2)CC3=O)c(C)c1.